The summed E-state index contributed by atoms with van der Waals surface area (Å²) in [6, 6.07) is 1.69. The van der Waals surface area contributed by atoms with Crippen molar-refractivity contribution >= 4 is 11.7 Å². The summed E-state index contributed by atoms with van der Waals surface area (Å²) in [5, 5.41) is 6.01. The minimum absolute atomic E-state index is 0.150. The van der Waals surface area contributed by atoms with Crippen LogP contribution < -0.4 is 10.6 Å². The summed E-state index contributed by atoms with van der Waals surface area (Å²) in [5.74, 6) is 1.13. The summed E-state index contributed by atoms with van der Waals surface area (Å²) in [4.78, 5) is 22.4. The van der Waals surface area contributed by atoms with Crippen molar-refractivity contribution in [2.75, 3.05) is 39.0 Å². The molecule has 0 fully saturated rings. The summed E-state index contributed by atoms with van der Waals surface area (Å²) >= 11 is 0. The van der Waals surface area contributed by atoms with Gasteiger partial charge in [-0.2, -0.15) is 0 Å². The van der Waals surface area contributed by atoms with Gasteiger partial charge in [0.15, 0.2) is 0 Å². The highest BCUT2D eigenvalue weighted by Gasteiger charge is 2.09. The maximum Gasteiger partial charge on any atom is 0.270 e. The van der Waals surface area contributed by atoms with Gasteiger partial charge in [0.2, 0.25) is 0 Å². The number of amides is 1. The van der Waals surface area contributed by atoms with Crippen LogP contribution in [0.25, 0.3) is 0 Å². The molecule has 0 bridgehead atoms. The molecular formula is C13H23N5O. The molecule has 6 heteroatoms. The summed E-state index contributed by atoms with van der Waals surface area (Å²) in [5.41, 5.74) is 0.410. The van der Waals surface area contributed by atoms with Gasteiger partial charge in [-0.25, -0.2) is 9.97 Å². The molecule has 1 rings (SSSR count). The molecule has 0 aromatic carbocycles. The van der Waals surface area contributed by atoms with E-state index in [2.05, 4.69) is 25.5 Å². The fourth-order valence-electron chi connectivity index (χ4n) is 1.51. The van der Waals surface area contributed by atoms with E-state index in [1.165, 1.54) is 0 Å². The quantitative estimate of drug-likeness (QED) is 0.766. The zero-order valence-electron chi connectivity index (χ0n) is 12.2. The Morgan fingerprint density at radius 1 is 1.32 bits per heavy atom. The molecule has 1 aromatic heterocycles. The van der Waals surface area contributed by atoms with Crippen LogP contribution in [0.4, 0.5) is 5.82 Å². The topological polar surface area (TPSA) is 70.2 Å². The van der Waals surface area contributed by atoms with Crippen LogP contribution in [0.5, 0.6) is 0 Å². The van der Waals surface area contributed by atoms with Gasteiger partial charge in [0.1, 0.15) is 17.3 Å². The SMILES string of the molecule is CCCNC(=O)c1cc(NCCN(C)C)nc(C)n1. The molecule has 2 N–H and O–H groups in total. The van der Waals surface area contributed by atoms with Gasteiger partial charge in [0.25, 0.3) is 5.91 Å². The highest BCUT2D eigenvalue weighted by Crippen LogP contribution is 2.06. The van der Waals surface area contributed by atoms with E-state index in [9.17, 15) is 4.79 Å². The van der Waals surface area contributed by atoms with Crippen LogP contribution in [-0.4, -0.2) is 54.5 Å². The van der Waals surface area contributed by atoms with Crippen molar-refractivity contribution in [1.82, 2.24) is 20.2 Å². The van der Waals surface area contributed by atoms with E-state index in [4.69, 9.17) is 0 Å². The van der Waals surface area contributed by atoms with Crippen LogP contribution in [0, 0.1) is 6.92 Å². The normalized spacial score (nSPS) is 10.6. The summed E-state index contributed by atoms with van der Waals surface area (Å²) in [6.45, 7) is 6.14. The van der Waals surface area contributed by atoms with Crippen molar-refractivity contribution in [2.24, 2.45) is 0 Å². The number of nitrogens with one attached hydrogen (secondary N) is 2. The molecule has 1 amide bonds. The molecular weight excluding hydrogens is 242 g/mol. The lowest BCUT2D eigenvalue weighted by molar-refractivity contribution is 0.0948. The van der Waals surface area contributed by atoms with E-state index < -0.39 is 0 Å². The number of rotatable bonds is 7. The van der Waals surface area contributed by atoms with Crippen molar-refractivity contribution in [3.8, 4) is 0 Å². The Morgan fingerprint density at radius 2 is 2.05 bits per heavy atom. The maximum atomic E-state index is 11.9. The Bertz CT molecular complexity index is 419. The molecule has 0 spiro atoms. The van der Waals surface area contributed by atoms with Gasteiger partial charge < -0.3 is 15.5 Å². The van der Waals surface area contributed by atoms with Crippen LogP contribution >= 0.6 is 0 Å². The first-order valence-corrected chi connectivity index (χ1v) is 6.55. The second-order valence-corrected chi connectivity index (χ2v) is 4.67. The molecule has 106 valence electrons. The molecule has 0 saturated carbocycles. The van der Waals surface area contributed by atoms with Gasteiger partial charge in [0.05, 0.1) is 0 Å². The number of nitrogens with zero attached hydrogens (tertiary/aromatic N) is 3. The van der Waals surface area contributed by atoms with Gasteiger partial charge in [-0.1, -0.05) is 6.92 Å². The number of hydrogen-bond donors (Lipinski definition) is 2. The molecule has 6 nitrogen and oxygen atoms in total. The van der Waals surface area contributed by atoms with Crippen LogP contribution in [0.3, 0.4) is 0 Å². The molecule has 19 heavy (non-hydrogen) atoms. The number of hydrogen-bond acceptors (Lipinski definition) is 5. The Morgan fingerprint density at radius 3 is 2.68 bits per heavy atom. The molecule has 1 heterocycles. The zero-order valence-corrected chi connectivity index (χ0v) is 12.2. The zero-order chi connectivity index (χ0) is 14.3. The number of carbonyl (C=O) groups is 1. The van der Waals surface area contributed by atoms with Crippen LogP contribution in [-0.2, 0) is 0 Å². The van der Waals surface area contributed by atoms with Crippen molar-refractivity contribution < 1.29 is 4.79 Å². The van der Waals surface area contributed by atoms with Gasteiger partial charge in [-0.05, 0) is 27.4 Å². The first kappa shape index (κ1) is 15.4. The highest BCUT2D eigenvalue weighted by atomic mass is 16.1. The number of carbonyl (C=O) groups excluding carboxylic acids is 1. The molecule has 0 atom stereocenters. The molecule has 0 aliphatic carbocycles. The minimum atomic E-state index is -0.150. The Balaban J connectivity index is 2.68. The Labute approximate surface area is 114 Å². The Hall–Kier alpha value is -1.69. The molecule has 0 unspecified atom stereocenters. The number of anilines is 1. The van der Waals surface area contributed by atoms with Crippen LogP contribution in [0.2, 0.25) is 0 Å². The monoisotopic (exact) mass is 265 g/mol. The van der Waals surface area contributed by atoms with Crippen molar-refractivity contribution in [2.45, 2.75) is 20.3 Å². The molecule has 0 radical (unpaired) electrons. The van der Waals surface area contributed by atoms with E-state index in [1.54, 1.807) is 13.0 Å². The van der Waals surface area contributed by atoms with E-state index in [1.807, 2.05) is 21.0 Å². The van der Waals surface area contributed by atoms with E-state index in [0.717, 1.165) is 19.5 Å². The molecule has 0 saturated heterocycles. The third kappa shape index (κ3) is 5.65. The lowest BCUT2D eigenvalue weighted by atomic mass is 10.3. The number of likely N-dealkylation sites (N-methyl/N-ethyl adjacent to an activating group) is 1. The van der Waals surface area contributed by atoms with Crippen molar-refractivity contribution in [3.05, 3.63) is 17.6 Å². The summed E-state index contributed by atoms with van der Waals surface area (Å²) in [6.07, 6.45) is 0.906. The number of aromatic nitrogens is 2. The maximum absolute atomic E-state index is 11.9. The van der Waals surface area contributed by atoms with E-state index >= 15 is 0 Å². The number of aryl methyl sites for hydroxylation is 1. The lowest BCUT2D eigenvalue weighted by Gasteiger charge is -2.12. The largest absolute Gasteiger partial charge is 0.369 e. The van der Waals surface area contributed by atoms with Gasteiger partial charge in [-0.3, -0.25) is 4.79 Å². The van der Waals surface area contributed by atoms with Crippen LogP contribution in [0.15, 0.2) is 6.07 Å². The smallest absolute Gasteiger partial charge is 0.270 e. The summed E-state index contributed by atoms with van der Waals surface area (Å²) in [7, 11) is 4.02. The lowest BCUT2D eigenvalue weighted by Crippen LogP contribution is -2.26. The van der Waals surface area contributed by atoms with Gasteiger partial charge >= 0.3 is 0 Å². The molecule has 0 aliphatic heterocycles. The average molecular weight is 265 g/mol. The van der Waals surface area contributed by atoms with E-state index in [-0.39, 0.29) is 5.91 Å². The predicted octanol–water partition coefficient (Wildman–Crippen LogP) is 0.898. The van der Waals surface area contributed by atoms with Gasteiger partial charge in [0, 0.05) is 25.7 Å². The third-order valence-corrected chi connectivity index (χ3v) is 2.47. The first-order chi connectivity index (χ1) is 9.02. The molecule has 1 aromatic rings. The second-order valence-electron chi connectivity index (χ2n) is 4.67. The Kier molecular flexibility index (Phi) is 6.21. The van der Waals surface area contributed by atoms with Crippen molar-refractivity contribution in [1.29, 1.82) is 0 Å². The van der Waals surface area contributed by atoms with Crippen molar-refractivity contribution in [3.63, 3.8) is 0 Å². The highest BCUT2D eigenvalue weighted by molar-refractivity contribution is 5.92. The molecule has 0 aliphatic rings. The average Bonchev–Trinajstić information content (AvgIpc) is 2.34. The van der Waals surface area contributed by atoms with E-state index in [0.29, 0.717) is 23.9 Å². The standard InChI is InChI=1S/C13H23N5O/c1-5-6-15-13(19)11-9-12(17-10(2)16-11)14-7-8-18(3)4/h9H,5-8H2,1-4H3,(H,15,19)(H,14,16,17). The first-order valence-electron chi connectivity index (χ1n) is 6.55. The van der Waals surface area contributed by atoms with Crippen LogP contribution in [0.1, 0.15) is 29.7 Å². The third-order valence-electron chi connectivity index (χ3n) is 2.47. The predicted molar refractivity (Wildman–Crippen MR) is 76.4 cm³/mol. The van der Waals surface area contributed by atoms with Gasteiger partial charge in [-0.15, -0.1) is 0 Å². The second kappa shape index (κ2) is 7.68. The minimum Gasteiger partial charge on any atom is -0.369 e. The fourth-order valence-corrected chi connectivity index (χ4v) is 1.51. The summed E-state index contributed by atoms with van der Waals surface area (Å²) < 4.78 is 0. The fraction of sp³-hybridized carbons (Fsp3) is 0.615.